The first-order valence-electron chi connectivity index (χ1n) is 8.35. The highest BCUT2D eigenvalue weighted by atomic mass is 19.1. The summed E-state index contributed by atoms with van der Waals surface area (Å²) in [6.45, 7) is 3.23. The second kappa shape index (κ2) is 6.24. The molecule has 24 heavy (non-hydrogen) atoms. The Morgan fingerprint density at radius 1 is 1.29 bits per heavy atom. The lowest BCUT2D eigenvalue weighted by Crippen LogP contribution is -2.26. The van der Waals surface area contributed by atoms with Gasteiger partial charge >= 0.3 is 0 Å². The summed E-state index contributed by atoms with van der Waals surface area (Å²) in [5.41, 5.74) is 3.17. The van der Waals surface area contributed by atoms with Gasteiger partial charge in [0.25, 0.3) is 5.91 Å². The number of anilines is 2. The standard InChI is InChI=1S/C17H20FN5O/c18-12-4-3-5-14(23-8-1-2-9-23)16(12)20-17(24)15-11-10-19-7-6-13(11)21-22-15/h3-5,19H,1-2,6-10H2,(H,20,24)(H,21,22). The molecular formula is C17H20FN5O. The number of amides is 1. The van der Waals surface area contributed by atoms with Gasteiger partial charge in [-0.3, -0.25) is 9.89 Å². The maximum atomic E-state index is 14.4. The normalized spacial score (nSPS) is 17.0. The zero-order valence-corrected chi connectivity index (χ0v) is 13.4. The molecule has 0 bridgehead atoms. The number of nitrogens with zero attached hydrogens (tertiary/aromatic N) is 2. The van der Waals surface area contributed by atoms with E-state index in [1.165, 1.54) is 6.07 Å². The zero-order valence-electron chi connectivity index (χ0n) is 13.4. The molecule has 1 aromatic carbocycles. The van der Waals surface area contributed by atoms with Gasteiger partial charge in [0.05, 0.1) is 5.69 Å². The summed E-state index contributed by atoms with van der Waals surface area (Å²) in [5.74, 6) is -0.794. The Kier molecular flexibility index (Phi) is 3.93. The Balaban J connectivity index is 1.63. The van der Waals surface area contributed by atoms with Gasteiger partial charge < -0.3 is 15.5 Å². The van der Waals surface area contributed by atoms with Gasteiger partial charge in [-0.15, -0.1) is 0 Å². The summed E-state index contributed by atoms with van der Waals surface area (Å²) in [4.78, 5) is 14.8. The molecule has 2 aliphatic heterocycles. The van der Waals surface area contributed by atoms with E-state index in [4.69, 9.17) is 0 Å². The first kappa shape index (κ1) is 15.1. The lowest BCUT2D eigenvalue weighted by molar-refractivity contribution is 0.102. The Morgan fingerprint density at radius 2 is 2.12 bits per heavy atom. The molecule has 0 aliphatic carbocycles. The van der Waals surface area contributed by atoms with Crippen LogP contribution in [0.25, 0.3) is 0 Å². The van der Waals surface area contributed by atoms with E-state index in [9.17, 15) is 9.18 Å². The van der Waals surface area contributed by atoms with Gasteiger partial charge in [0.1, 0.15) is 11.5 Å². The lowest BCUT2D eigenvalue weighted by atomic mass is 10.1. The number of carbonyl (C=O) groups excluding carboxylic acids is 1. The van der Waals surface area contributed by atoms with E-state index >= 15 is 0 Å². The monoisotopic (exact) mass is 329 g/mol. The molecule has 2 aromatic rings. The Morgan fingerprint density at radius 3 is 2.96 bits per heavy atom. The molecule has 6 nitrogen and oxygen atoms in total. The third kappa shape index (κ3) is 2.65. The highest BCUT2D eigenvalue weighted by Gasteiger charge is 2.24. The summed E-state index contributed by atoms with van der Waals surface area (Å²) in [5, 5.41) is 13.0. The maximum absolute atomic E-state index is 14.4. The quantitative estimate of drug-likeness (QED) is 0.806. The van der Waals surface area contributed by atoms with Crippen LogP contribution in [0.5, 0.6) is 0 Å². The number of fused-ring (bicyclic) bond motifs is 1. The molecule has 3 N–H and O–H groups in total. The van der Waals surface area contributed by atoms with Crippen molar-refractivity contribution in [2.24, 2.45) is 0 Å². The fourth-order valence-electron chi connectivity index (χ4n) is 3.44. The number of H-pyrrole nitrogens is 1. The molecule has 4 rings (SSSR count). The van der Waals surface area contributed by atoms with Crippen molar-refractivity contribution in [2.75, 3.05) is 29.9 Å². The Labute approximate surface area is 139 Å². The van der Waals surface area contributed by atoms with E-state index in [0.29, 0.717) is 12.2 Å². The van der Waals surface area contributed by atoms with Crippen LogP contribution in [-0.2, 0) is 13.0 Å². The van der Waals surface area contributed by atoms with Crippen LogP contribution < -0.4 is 15.5 Å². The fourth-order valence-corrected chi connectivity index (χ4v) is 3.44. The van der Waals surface area contributed by atoms with Crippen LogP contribution in [0.1, 0.15) is 34.6 Å². The minimum absolute atomic E-state index is 0.241. The third-order valence-corrected chi connectivity index (χ3v) is 4.70. The average Bonchev–Trinajstić information content (AvgIpc) is 3.26. The molecule has 2 aliphatic rings. The average molecular weight is 329 g/mol. The third-order valence-electron chi connectivity index (χ3n) is 4.70. The highest BCUT2D eigenvalue weighted by molar-refractivity contribution is 6.05. The molecular weight excluding hydrogens is 309 g/mol. The van der Waals surface area contributed by atoms with Gasteiger partial charge in [-0.25, -0.2) is 4.39 Å². The van der Waals surface area contributed by atoms with Gasteiger partial charge in [0.2, 0.25) is 0 Å². The smallest absolute Gasteiger partial charge is 0.276 e. The summed E-state index contributed by atoms with van der Waals surface area (Å²) >= 11 is 0. The Bertz CT molecular complexity index is 766. The number of hydrogen-bond donors (Lipinski definition) is 3. The van der Waals surface area contributed by atoms with Crippen molar-refractivity contribution in [1.29, 1.82) is 0 Å². The van der Waals surface area contributed by atoms with Crippen molar-refractivity contribution in [2.45, 2.75) is 25.8 Å². The summed E-state index contributed by atoms with van der Waals surface area (Å²) < 4.78 is 14.4. The molecule has 126 valence electrons. The topological polar surface area (TPSA) is 73.0 Å². The van der Waals surface area contributed by atoms with Gasteiger partial charge in [-0.05, 0) is 25.0 Å². The minimum Gasteiger partial charge on any atom is -0.370 e. The molecule has 0 atom stereocenters. The second-order valence-electron chi connectivity index (χ2n) is 6.24. The second-order valence-corrected chi connectivity index (χ2v) is 6.24. The van der Waals surface area contributed by atoms with E-state index < -0.39 is 5.82 Å². The SMILES string of the molecule is O=C(Nc1c(F)cccc1N1CCCC1)c1n[nH]c2c1CNCC2. The van der Waals surface area contributed by atoms with Gasteiger partial charge in [-0.1, -0.05) is 6.07 Å². The predicted octanol–water partition coefficient (Wildman–Crippen LogP) is 2.05. The Hall–Kier alpha value is -2.41. The largest absolute Gasteiger partial charge is 0.370 e. The minimum atomic E-state index is -0.421. The first-order valence-corrected chi connectivity index (χ1v) is 8.35. The fraction of sp³-hybridized carbons (Fsp3) is 0.412. The van der Waals surface area contributed by atoms with Gasteiger partial charge in [0, 0.05) is 43.9 Å². The van der Waals surface area contributed by atoms with E-state index in [2.05, 4.69) is 25.7 Å². The van der Waals surface area contributed by atoms with Crippen LogP contribution in [0.4, 0.5) is 15.8 Å². The molecule has 0 radical (unpaired) electrons. The molecule has 0 saturated carbocycles. The lowest BCUT2D eigenvalue weighted by Gasteiger charge is -2.22. The summed E-state index contributed by atoms with van der Waals surface area (Å²) in [6.07, 6.45) is 2.99. The van der Waals surface area contributed by atoms with Crippen LogP contribution in [-0.4, -0.2) is 35.7 Å². The van der Waals surface area contributed by atoms with Crippen LogP contribution in [0, 0.1) is 5.82 Å². The molecule has 1 fully saturated rings. The van der Waals surface area contributed by atoms with Gasteiger partial charge in [-0.2, -0.15) is 5.10 Å². The first-order chi connectivity index (χ1) is 11.7. The summed E-state index contributed by atoms with van der Waals surface area (Å²) in [6, 6.07) is 4.90. The molecule has 0 unspecified atom stereocenters. The van der Waals surface area contributed by atoms with Crippen LogP contribution in [0.2, 0.25) is 0 Å². The van der Waals surface area contributed by atoms with Crippen molar-refractivity contribution in [3.8, 4) is 0 Å². The number of rotatable bonds is 3. The van der Waals surface area contributed by atoms with E-state index in [1.54, 1.807) is 6.07 Å². The van der Waals surface area contributed by atoms with Crippen molar-refractivity contribution >= 4 is 17.3 Å². The number of benzene rings is 1. The van der Waals surface area contributed by atoms with Crippen LogP contribution >= 0.6 is 0 Å². The van der Waals surface area contributed by atoms with Crippen molar-refractivity contribution in [1.82, 2.24) is 15.5 Å². The number of nitrogens with one attached hydrogen (secondary N) is 3. The molecule has 1 amide bonds. The molecule has 3 heterocycles. The number of aromatic amines is 1. The number of carbonyl (C=O) groups is 1. The van der Waals surface area contributed by atoms with E-state index in [-0.39, 0.29) is 11.6 Å². The maximum Gasteiger partial charge on any atom is 0.276 e. The highest BCUT2D eigenvalue weighted by Crippen LogP contribution is 2.31. The molecule has 1 aromatic heterocycles. The zero-order chi connectivity index (χ0) is 16.5. The number of hydrogen-bond acceptors (Lipinski definition) is 4. The number of para-hydroxylation sites is 1. The van der Waals surface area contributed by atoms with Crippen molar-refractivity contribution in [3.05, 3.63) is 41.0 Å². The van der Waals surface area contributed by atoms with Crippen molar-refractivity contribution in [3.63, 3.8) is 0 Å². The number of halogens is 1. The predicted molar refractivity (Wildman–Crippen MR) is 89.8 cm³/mol. The van der Waals surface area contributed by atoms with Crippen LogP contribution in [0.3, 0.4) is 0 Å². The van der Waals surface area contributed by atoms with Gasteiger partial charge in [0.15, 0.2) is 5.69 Å². The number of aromatic nitrogens is 2. The van der Waals surface area contributed by atoms with Crippen molar-refractivity contribution < 1.29 is 9.18 Å². The van der Waals surface area contributed by atoms with E-state index in [1.807, 2.05) is 6.07 Å². The summed E-state index contributed by atoms with van der Waals surface area (Å²) in [7, 11) is 0. The molecule has 1 saturated heterocycles. The van der Waals surface area contributed by atoms with Crippen LogP contribution in [0.15, 0.2) is 18.2 Å². The van der Waals surface area contributed by atoms with E-state index in [0.717, 1.165) is 55.8 Å². The molecule has 7 heteroatoms. The molecule has 0 spiro atoms.